The van der Waals surface area contributed by atoms with Crippen LogP contribution in [-0.4, -0.2) is 16.7 Å². The number of aromatic nitrogens is 2. The molecule has 0 radical (unpaired) electrons. The molecule has 0 bridgehead atoms. The number of rotatable bonds is 6. The van der Waals surface area contributed by atoms with Gasteiger partial charge in [-0.3, -0.25) is 0 Å². The highest BCUT2D eigenvalue weighted by atomic mass is 35.5. The van der Waals surface area contributed by atoms with E-state index in [0.717, 1.165) is 47.6 Å². The fourth-order valence-corrected chi connectivity index (χ4v) is 3.58. The molecule has 4 aromatic rings. The molecule has 0 aliphatic carbocycles. The van der Waals surface area contributed by atoms with Gasteiger partial charge in [0.05, 0.1) is 18.1 Å². The van der Waals surface area contributed by atoms with E-state index in [-0.39, 0.29) is 0 Å². The molecule has 0 aliphatic rings. The van der Waals surface area contributed by atoms with E-state index in [9.17, 15) is 0 Å². The van der Waals surface area contributed by atoms with Gasteiger partial charge in [0.2, 0.25) is 0 Å². The van der Waals surface area contributed by atoms with Crippen molar-refractivity contribution in [2.75, 3.05) is 7.11 Å². The number of nitrogens with zero attached hydrogens (tertiary/aromatic N) is 2. The summed E-state index contributed by atoms with van der Waals surface area (Å²) in [4.78, 5) is 4.87. The molecule has 1 heterocycles. The molecule has 136 valence electrons. The van der Waals surface area contributed by atoms with Gasteiger partial charge in [-0.2, -0.15) is 0 Å². The predicted molar refractivity (Wildman–Crippen MR) is 111 cm³/mol. The number of aryl methyl sites for hydroxylation is 2. The molecule has 27 heavy (non-hydrogen) atoms. The first kappa shape index (κ1) is 17.6. The molecule has 1 aromatic heterocycles. The van der Waals surface area contributed by atoms with Gasteiger partial charge in [0, 0.05) is 23.2 Å². The van der Waals surface area contributed by atoms with Crippen molar-refractivity contribution in [3.63, 3.8) is 0 Å². The lowest BCUT2D eigenvalue weighted by Gasteiger charge is -2.10. The van der Waals surface area contributed by atoms with Crippen LogP contribution in [0.4, 0.5) is 0 Å². The molecule has 3 nitrogen and oxygen atoms in total. The Kier molecular flexibility index (Phi) is 5.12. The smallest absolute Gasteiger partial charge is 0.141 e. The van der Waals surface area contributed by atoms with E-state index in [4.69, 9.17) is 21.3 Å². The highest BCUT2D eigenvalue weighted by Gasteiger charge is 2.14. The van der Waals surface area contributed by atoms with E-state index in [1.807, 2.05) is 30.3 Å². The fourth-order valence-electron chi connectivity index (χ4n) is 3.39. The van der Waals surface area contributed by atoms with E-state index in [1.54, 1.807) is 7.11 Å². The number of benzene rings is 3. The average molecular weight is 377 g/mol. The standard InChI is InChI=1S/C23H21ClN2O/c1-27-20-12-13-21-22(16-20)26(14-6-9-17-7-3-2-4-8-17)23(25-21)18-10-5-11-19(24)15-18/h2-5,7-8,10-13,15-16H,6,9,14H2,1H3. The van der Waals surface area contributed by atoms with Crippen molar-refractivity contribution in [3.8, 4) is 17.1 Å². The second kappa shape index (κ2) is 7.85. The average Bonchev–Trinajstić information content (AvgIpc) is 3.06. The summed E-state index contributed by atoms with van der Waals surface area (Å²) in [7, 11) is 1.69. The van der Waals surface area contributed by atoms with Crippen LogP contribution in [0.3, 0.4) is 0 Å². The highest BCUT2D eigenvalue weighted by Crippen LogP contribution is 2.29. The quantitative estimate of drug-likeness (QED) is 0.412. The van der Waals surface area contributed by atoms with Crippen molar-refractivity contribution in [3.05, 3.63) is 83.4 Å². The van der Waals surface area contributed by atoms with Crippen LogP contribution in [0.15, 0.2) is 72.8 Å². The largest absolute Gasteiger partial charge is 0.497 e. The number of halogens is 1. The normalized spacial score (nSPS) is 11.0. The van der Waals surface area contributed by atoms with Gasteiger partial charge in [-0.1, -0.05) is 54.1 Å². The van der Waals surface area contributed by atoms with E-state index >= 15 is 0 Å². The van der Waals surface area contributed by atoms with Gasteiger partial charge in [0.25, 0.3) is 0 Å². The molecule has 0 saturated heterocycles. The number of fused-ring (bicyclic) bond motifs is 1. The number of hydrogen-bond donors (Lipinski definition) is 0. The topological polar surface area (TPSA) is 27.1 Å². The highest BCUT2D eigenvalue weighted by molar-refractivity contribution is 6.30. The SMILES string of the molecule is COc1ccc2nc(-c3cccc(Cl)c3)n(CCCc3ccccc3)c2c1. The summed E-state index contributed by atoms with van der Waals surface area (Å²) in [5.41, 5.74) is 4.42. The Bertz CT molecular complexity index is 1060. The molecular weight excluding hydrogens is 356 g/mol. The minimum absolute atomic E-state index is 0.716. The van der Waals surface area contributed by atoms with Crippen LogP contribution in [0.2, 0.25) is 5.02 Å². The van der Waals surface area contributed by atoms with Crippen LogP contribution >= 0.6 is 11.6 Å². The Morgan fingerprint density at radius 1 is 0.963 bits per heavy atom. The van der Waals surface area contributed by atoms with Crippen LogP contribution in [-0.2, 0) is 13.0 Å². The molecule has 0 atom stereocenters. The van der Waals surface area contributed by atoms with Gasteiger partial charge in [-0.05, 0) is 42.7 Å². The summed E-state index contributed by atoms with van der Waals surface area (Å²) in [5.74, 6) is 1.78. The van der Waals surface area contributed by atoms with Crippen molar-refractivity contribution in [2.45, 2.75) is 19.4 Å². The summed E-state index contributed by atoms with van der Waals surface area (Å²) in [6.07, 6.45) is 2.06. The summed E-state index contributed by atoms with van der Waals surface area (Å²) >= 11 is 6.22. The number of hydrogen-bond acceptors (Lipinski definition) is 2. The van der Waals surface area contributed by atoms with Crippen molar-refractivity contribution < 1.29 is 4.74 Å². The minimum atomic E-state index is 0.716. The van der Waals surface area contributed by atoms with Gasteiger partial charge in [0.15, 0.2) is 0 Å². The lowest BCUT2D eigenvalue weighted by atomic mass is 10.1. The minimum Gasteiger partial charge on any atom is -0.497 e. The Morgan fingerprint density at radius 2 is 1.81 bits per heavy atom. The van der Waals surface area contributed by atoms with Crippen molar-refractivity contribution in [2.24, 2.45) is 0 Å². The third-order valence-corrected chi connectivity index (χ3v) is 4.96. The summed E-state index contributed by atoms with van der Waals surface area (Å²) in [6, 6.07) is 24.5. The van der Waals surface area contributed by atoms with E-state index in [0.29, 0.717) is 5.02 Å². The number of imidazole rings is 1. The van der Waals surface area contributed by atoms with Gasteiger partial charge in [0.1, 0.15) is 11.6 Å². The number of ether oxygens (including phenoxy) is 1. The van der Waals surface area contributed by atoms with Crippen LogP contribution in [0.1, 0.15) is 12.0 Å². The second-order valence-corrected chi connectivity index (χ2v) is 6.98. The van der Waals surface area contributed by atoms with Crippen molar-refractivity contribution in [1.82, 2.24) is 9.55 Å². The van der Waals surface area contributed by atoms with E-state index < -0.39 is 0 Å². The first-order chi connectivity index (χ1) is 13.2. The zero-order valence-electron chi connectivity index (χ0n) is 15.2. The lowest BCUT2D eigenvalue weighted by Crippen LogP contribution is -2.02. The first-order valence-electron chi connectivity index (χ1n) is 9.09. The van der Waals surface area contributed by atoms with Crippen molar-refractivity contribution in [1.29, 1.82) is 0 Å². The van der Waals surface area contributed by atoms with Crippen LogP contribution in [0.5, 0.6) is 5.75 Å². The molecule has 0 unspecified atom stereocenters. The third kappa shape index (κ3) is 3.83. The Balaban J connectivity index is 1.71. The molecule has 0 N–H and O–H groups in total. The fraction of sp³-hybridized carbons (Fsp3) is 0.174. The summed E-state index contributed by atoms with van der Waals surface area (Å²) in [5, 5.41) is 0.716. The van der Waals surface area contributed by atoms with Gasteiger partial charge in [-0.15, -0.1) is 0 Å². The first-order valence-corrected chi connectivity index (χ1v) is 9.46. The van der Waals surface area contributed by atoms with Gasteiger partial charge in [-0.25, -0.2) is 4.98 Å². The maximum atomic E-state index is 6.22. The second-order valence-electron chi connectivity index (χ2n) is 6.54. The molecular formula is C23H21ClN2O. The molecule has 0 aliphatic heterocycles. The Labute approximate surface area is 164 Å². The summed E-state index contributed by atoms with van der Waals surface area (Å²) < 4.78 is 7.69. The summed E-state index contributed by atoms with van der Waals surface area (Å²) in [6.45, 7) is 0.875. The van der Waals surface area contributed by atoms with Gasteiger partial charge < -0.3 is 9.30 Å². The van der Waals surface area contributed by atoms with E-state index in [2.05, 4.69) is 47.0 Å². The molecule has 0 spiro atoms. The molecule has 4 heteroatoms. The maximum Gasteiger partial charge on any atom is 0.141 e. The molecule has 3 aromatic carbocycles. The predicted octanol–water partition coefficient (Wildman–Crippen LogP) is 6.00. The molecule has 4 rings (SSSR count). The third-order valence-electron chi connectivity index (χ3n) is 4.73. The van der Waals surface area contributed by atoms with Crippen molar-refractivity contribution >= 4 is 22.6 Å². The van der Waals surface area contributed by atoms with Crippen LogP contribution in [0, 0.1) is 0 Å². The van der Waals surface area contributed by atoms with Crippen LogP contribution in [0.25, 0.3) is 22.4 Å². The lowest BCUT2D eigenvalue weighted by molar-refractivity contribution is 0.415. The van der Waals surface area contributed by atoms with Gasteiger partial charge >= 0.3 is 0 Å². The Morgan fingerprint density at radius 3 is 2.59 bits per heavy atom. The van der Waals surface area contributed by atoms with Crippen LogP contribution < -0.4 is 4.74 Å². The maximum absolute atomic E-state index is 6.22. The monoisotopic (exact) mass is 376 g/mol. The Hall–Kier alpha value is -2.78. The van der Waals surface area contributed by atoms with E-state index in [1.165, 1.54) is 5.56 Å². The zero-order valence-corrected chi connectivity index (χ0v) is 16.0. The molecule has 0 amide bonds. The molecule has 0 fully saturated rings. The number of methoxy groups -OCH3 is 1. The molecule has 0 saturated carbocycles. The zero-order chi connectivity index (χ0) is 18.6.